The van der Waals surface area contributed by atoms with Crippen LogP contribution in [0.4, 0.5) is 8.78 Å². The molecule has 3 aromatic carbocycles. The summed E-state index contributed by atoms with van der Waals surface area (Å²) >= 11 is 6.14. The third-order valence-corrected chi connectivity index (χ3v) is 5.08. The lowest BCUT2D eigenvalue weighted by Gasteiger charge is -2.10. The summed E-state index contributed by atoms with van der Waals surface area (Å²) in [4.78, 5) is 4.67. The van der Waals surface area contributed by atoms with Crippen molar-refractivity contribution in [2.75, 3.05) is 0 Å². The monoisotopic (exact) mass is 448 g/mol. The molecule has 0 radical (unpaired) electrons. The van der Waals surface area contributed by atoms with Crippen molar-refractivity contribution in [3.8, 4) is 28.6 Å². The fraction of sp³-hybridized carbons (Fsp3) is 0.0417. The zero-order valence-corrected chi connectivity index (χ0v) is 17.5. The number of halogens is 3. The van der Waals surface area contributed by atoms with Crippen molar-refractivity contribution in [3.05, 3.63) is 95.1 Å². The highest BCUT2D eigenvalue weighted by Gasteiger charge is 2.12. The lowest BCUT2D eigenvalue weighted by Crippen LogP contribution is -1.96. The van der Waals surface area contributed by atoms with Gasteiger partial charge in [-0.15, -0.1) is 5.10 Å². The molecule has 0 fully saturated rings. The number of aromatic nitrogens is 4. The number of ether oxygens (including phenoxy) is 1. The average molecular weight is 449 g/mol. The normalized spacial score (nSPS) is 11.1. The summed E-state index contributed by atoms with van der Waals surface area (Å²) in [6.07, 6.45) is 1.61. The summed E-state index contributed by atoms with van der Waals surface area (Å²) in [5, 5.41) is 9.55. The maximum absolute atomic E-state index is 13.5. The quantitative estimate of drug-likeness (QED) is 0.314. The van der Waals surface area contributed by atoms with Gasteiger partial charge in [-0.3, -0.25) is 0 Å². The highest BCUT2D eigenvalue weighted by atomic mass is 35.5. The van der Waals surface area contributed by atoms with E-state index in [0.29, 0.717) is 39.1 Å². The van der Waals surface area contributed by atoms with Gasteiger partial charge in [-0.25, -0.2) is 18.4 Å². The first-order valence-corrected chi connectivity index (χ1v) is 10.1. The second-order valence-electron chi connectivity index (χ2n) is 7.23. The van der Waals surface area contributed by atoms with E-state index in [1.807, 2.05) is 43.3 Å². The van der Waals surface area contributed by atoms with Gasteiger partial charge in [0.05, 0.1) is 23.1 Å². The minimum atomic E-state index is -0.953. The van der Waals surface area contributed by atoms with Crippen LogP contribution in [0.15, 0.2) is 72.9 Å². The molecule has 5 nitrogen and oxygen atoms in total. The molecular formula is C24H15ClF2N4O. The van der Waals surface area contributed by atoms with E-state index in [1.165, 1.54) is 10.7 Å². The molecule has 0 saturated carbocycles. The van der Waals surface area contributed by atoms with Crippen molar-refractivity contribution in [3.63, 3.8) is 0 Å². The number of aryl methyl sites for hydroxylation is 1. The molecule has 0 spiro atoms. The van der Waals surface area contributed by atoms with Crippen molar-refractivity contribution in [1.29, 1.82) is 0 Å². The SMILES string of the molecule is Cc1cc(Cl)cc(Oc2cccc3nc(-c4cn(-c5ccc(F)c(F)c5)nn4)ccc23)c1. The van der Waals surface area contributed by atoms with Crippen molar-refractivity contribution >= 4 is 22.5 Å². The molecule has 0 aliphatic carbocycles. The topological polar surface area (TPSA) is 52.8 Å². The van der Waals surface area contributed by atoms with E-state index in [-0.39, 0.29) is 0 Å². The van der Waals surface area contributed by atoms with Crippen LogP contribution in [0.2, 0.25) is 5.02 Å². The Bertz CT molecular complexity index is 1450. The van der Waals surface area contributed by atoms with Gasteiger partial charge in [-0.2, -0.15) is 0 Å². The van der Waals surface area contributed by atoms with Crippen molar-refractivity contribution in [2.24, 2.45) is 0 Å². The number of hydrogen-bond acceptors (Lipinski definition) is 4. The van der Waals surface area contributed by atoms with Gasteiger partial charge >= 0.3 is 0 Å². The Morgan fingerprint density at radius 1 is 0.906 bits per heavy atom. The van der Waals surface area contributed by atoms with Gasteiger partial charge in [-0.1, -0.05) is 22.9 Å². The Hall–Kier alpha value is -3.84. The predicted octanol–water partition coefficient (Wildman–Crippen LogP) is 6.51. The average Bonchev–Trinajstić information content (AvgIpc) is 3.25. The van der Waals surface area contributed by atoms with E-state index in [9.17, 15) is 8.78 Å². The van der Waals surface area contributed by atoms with Gasteiger partial charge in [-0.05, 0) is 67.1 Å². The van der Waals surface area contributed by atoms with E-state index in [4.69, 9.17) is 16.3 Å². The summed E-state index contributed by atoms with van der Waals surface area (Å²) in [5.74, 6) is -0.586. The number of rotatable bonds is 4. The highest BCUT2D eigenvalue weighted by Crippen LogP contribution is 2.32. The highest BCUT2D eigenvalue weighted by molar-refractivity contribution is 6.30. The number of fused-ring (bicyclic) bond motifs is 1. The summed E-state index contributed by atoms with van der Waals surface area (Å²) in [5.41, 5.74) is 3.14. The third kappa shape index (κ3) is 3.90. The molecule has 2 aromatic heterocycles. The van der Waals surface area contributed by atoms with Crippen LogP contribution in [-0.4, -0.2) is 20.0 Å². The van der Waals surface area contributed by atoms with E-state index >= 15 is 0 Å². The Kier molecular flexibility index (Phi) is 5.03. The molecule has 0 bridgehead atoms. The molecule has 0 amide bonds. The van der Waals surface area contributed by atoms with E-state index in [1.54, 1.807) is 18.3 Å². The molecule has 5 aromatic rings. The minimum Gasteiger partial charge on any atom is -0.457 e. The number of nitrogens with zero attached hydrogens (tertiary/aromatic N) is 4. The fourth-order valence-corrected chi connectivity index (χ4v) is 3.66. The lowest BCUT2D eigenvalue weighted by atomic mass is 10.1. The molecule has 0 atom stereocenters. The maximum atomic E-state index is 13.5. The van der Waals surface area contributed by atoms with Crippen molar-refractivity contribution in [1.82, 2.24) is 20.0 Å². The van der Waals surface area contributed by atoms with Crippen LogP contribution in [0.5, 0.6) is 11.5 Å². The largest absolute Gasteiger partial charge is 0.457 e. The Morgan fingerprint density at radius 3 is 2.59 bits per heavy atom. The molecule has 32 heavy (non-hydrogen) atoms. The third-order valence-electron chi connectivity index (χ3n) is 4.86. The lowest BCUT2D eigenvalue weighted by molar-refractivity contribution is 0.488. The van der Waals surface area contributed by atoms with Gasteiger partial charge in [0.2, 0.25) is 0 Å². The van der Waals surface area contributed by atoms with Gasteiger partial charge in [0, 0.05) is 16.5 Å². The molecule has 0 aliphatic rings. The first-order valence-electron chi connectivity index (χ1n) is 9.69. The van der Waals surface area contributed by atoms with Gasteiger partial charge < -0.3 is 4.74 Å². The minimum absolute atomic E-state index is 0.357. The second kappa shape index (κ2) is 8.01. The molecule has 0 aliphatic heterocycles. The molecule has 2 heterocycles. The molecule has 0 unspecified atom stereocenters. The van der Waals surface area contributed by atoms with Crippen LogP contribution in [0.1, 0.15) is 5.56 Å². The number of hydrogen-bond donors (Lipinski definition) is 0. The summed E-state index contributed by atoms with van der Waals surface area (Å²) in [6.45, 7) is 1.95. The van der Waals surface area contributed by atoms with Crippen molar-refractivity contribution < 1.29 is 13.5 Å². The van der Waals surface area contributed by atoms with E-state index < -0.39 is 11.6 Å². The molecule has 0 N–H and O–H groups in total. The maximum Gasteiger partial charge on any atom is 0.160 e. The van der Waals surface area contributed by atoms with E-state index in [2.05, 4.69) is 15.3 Å². The number of pyridine rings is 1. The zero-order chi connectivity index (χ0) is 22.2. The van der Waals surface area contributed by atoms with Gasteiger partial charge in [0.15, 0.2) is 11.6 Å². The van der Waals surface area contributed by atoms with Gasteiger partial charge in [0.25, 0.3) is 0 Å². The fourth-order valence-electron chi connectivity index (χ4n) is 3.38. The first-order chi connectivity index (χ1) is 15.5. The van der Waals surface area contributed by atoms with Crippen LogP contribution in [0.25, 0.3) is 28.0 Å². The van der Waals surface area contributed by atoms with Crippen molar-refractivity contribution in [2.45, 2.75) is 6.92 Å². The van der Waals surface area contributed by atoms with Crippen LogP contribution in [-0.2, 0) is 0 Å². The molecule has 5 rings (SSSR count). The summed E-state index contributed by atoms with van der Waals surface area (Å²) < 4.78 is 34.2. The molecule has 8 heteroatoms. The molecular weight excluding hydrogens is 434 g/mol. The van der Waals surface area contributed by atoms with Crippen LogP contribution < -0.4 is 4.74 Å². The molecule has 158 valence electrons. The predicted molar refractivity (Wildman–Crippen MR) is 118 cm³/mol. The summed E-state index contributed by atoms with van der Waals surface area (Å²) in [6, 6.07) is 18.3. The van der Waals surface area contributed by atoms with Gasteiger partial charge in [0.1, 0.15) is 17.2 Å². The first kappa shape index (κ1) is 20.1. The second-order valence-corrected chi connectivity index (χ2v) is 7.67. The van der Waals surface area contributed by atoms with E-state index in [0.717, 1.165) is 23.1 Å². The standard InChI is InChI=1S/C24H15ClF2N4O/c1-14-9-15(25)11-17(10-14)32-24-4-2-3-21-18(24)6-8-22(28-21)23-13-31(30-29-23)16-5-7-19(26)20(27)12-16/h2-13H,1H3. The smallest absolute Gasteiger partial charge is 0.160 e. The number of benzene rings is 3. The van der Waals surface area contributed by atoms with Crippen LogP contribution in [0, 0.1) is 18.6 Å². The zero-order valence-electron chi connectivity index (χ0n) is 16.8. The summed E-state index contributed by atoms with van der Waals surface area (Å²) in [7, 11) is 0. The Morgan fingerprint density at radius 2 is 1.78 bits per heavy atom. The van der Waals surface area contributed by atoms with Crippen LogP contribution >= 0.6 is 11.6 Å². The molecule has 0 saturated heterocycles. The van der Waals surface area contributed by atoms with Crippen LogP contribution in [0.3, 0.4) is 0 Å². The Balaban J connectivity index is 1.48. The Labute approximate surface area is 186 Å².